The SMILES string of the molecule is CNCC(=O)N(C)CCc1cc(F)ccc1OC. The molecule has 100 valence electrons. The van der Waals surface area contributed by atoms with E-state index < -0.39 is 0 Å². The van der Waals surface area contributed by atoms with Crippen LogP contribution in [0.5, 0.6) is 5.75 Å². The van der Waals surface area contributed by atoms with Crippen molar-refractivity contribution in [1.82, 2.24) is 10.2 Å². The molecule has 0 aliphatic heterocycles. The van der Waals surface area contributed by atoms with Crippen LogP contribution in [0, 0.1) is 5.82 Å². The fourth-order valence-electron chi connectivity index (χ4n) is 1.64. The number of halogens is 1. The van der Waals surface area contributed by atoms with Gasteiger partial charge in [0.15, 0.2) is 0 Å². The van der Waals surface area contributed by atoms with Gasteiger partial charge in [-0.05, 0) is 37.2 Å². The number of likely N-dealkylation sites (N-methyl/N-ethyl adjacent to an activating group) is 2. The third-order valence-corrected chi connectivity index (χ3v) is 2.71. The van der Waals surface area contributed by atoms with E-state index in [1.165, 1.54) is 12.1 Å². The average Bonchev–Trinajstić information content (AvgIpc) is 2.36. The van der Waals surface area contributed by atoms with Crippen molar-refractivity contribution in [2.45, 2.75) is 6.42 Å². The molecule has 0 saturated carbocycles. The second-order valence-corrected chi connectivity index (χ2v) is 4.05. The number of carbonyl (C=O) groups is 1. The molecular weight excluding hydrogens is 235 g/mol. The highest BCUT2D eigenvalue weighted by atomic mass is 19.1. The number of nitrogens with one attached hydrogen (secondary N) is 1. The fourth-order valence-corrected chi connectivity index (χ4v) is 1.64. The number of benzene rings is 1. The van der Waals surface area contributed by atoms with Crippen molar-refractivity contribution in [2.24, 2.45) is 0 Å². The zero-order valence-corrected chi connectivity index (χ0v) is 11.0. The van der Waals surface area contributed by atoms with E-state index in [0.29, 0.717) is 25.3 Å². The number of nitrogens with zero attached hydrogens (tertiary/aromatic N) is 1. The zero-order valence-electron chi connectivity index (χ0n) is 11.0. The summed E-state index contributed by atoms with van der Waals surface area (Å²) >= 11 is 0. The zero-order chi connectivity index (χ0) is 13.5. The Morgan fingerprint density at radius 1 is 1.50 bits per heavy atom. The molecule has 1 rings (SSSR count). The van der Waals surface area contributed by atoms with Crippen LogP contribution < -0.4 is 10.1 Å². The fraction of sp³-hybridized carbons (Fsp3) is 0.462. The maximum atomic E-state index is 13.1. The minimum atomic E-state index is -0.296. The summed E-state index contributed by atoms with van der Waals surface area (Å²) in [7, 11) is 5.00. The monoisotopic (exact) mass is 254 g/mol. The molecule has 0 aliphatic carbocycles. The Hall–Kier alpha value is -1.62. The van der Waals surface area contributed by atoms with Crippen molar-refractivity contribution < 1.29 is 13.9 Å². The van der Waals surface area contributed by atoms with Crippen LogP contribution in [-0.4, -0.2) is 45.1 Å². The Morgan fingerprint density at radius 3 is 2.83 bits per heavy atom. The van der Waals surface area contributed by atoms with Gasteiger partial charge in [0, 0.05) is 13.6 Å². The molecule has 0 aromatic heterocycles. The van der Waals surface area contributed by atoms with E-state index in [2.05, 4.69) is 5.32 Å². The number of methoxy groups -OCH3 is 1. The molecule has 4 nitrogen and oxygen atoms in total. The molecule has 0 saturated heterocycles. The highest BCUT2D eigenvalue weighted by molar-refractivity contribution is 5.77. The summed E-state index contributed by atoms with van der Waals surface area (Å²) in [5, 5.41) is 2.80. The molecule has 0 aliphatic rings. The summed E-state index contributed by atoms with van der Waals surface area (Å²) in [5.41, 5.74) is 0.765. The Bertz CT molecular complexity index is 410. The maximum absolute atomic E-state index is 13.1. The van der Waals surface area contributed by atoms with Gasteiger partial charge in [0.2, 0.25) is 5.91 Å². The van der Waals surface area contributed by atoms with Crippen molar-refractivity contribution in [3.05, 3.63) is 29.6 Å². The molecule has 1 N–H and O–H groups in total. The Balaban J connectivity index is 2.62. The van der Waals surface area contributed by atoms with Crippen LogP contribution in [-0.2, 0) is 11.2 Å². The number of amides is 1. The second kappa shape index (κ2) is 6.96. The molecule has 0 bridgehead atoms. The standard InChI is InChI=1S/C13H19FN2O2/c1-15-9-13(17)16(2)7-6-10-8-11(14)4-5-12(10)18-3/h4-5,8,15H,6-7,9H2,1-3H3. The molecule has 18 heavy (non-hydrogen) atoms. The molecule has 1 aromatic rings. The Labute approximate surface area is 107 Å². The topological polar surface area (TPSA) is 41.6 Å². The average molecular weight is 254 g/mol. The predicted molar refractivity (Wildman–Crippen MR) is 68.2 cm³/mol. The van der Waals surface area contributed by atoms with E-state index in [9.17, 15) is 9.18 Å². The van der Waals surface area contributed by atoms with Crippen LogP contribution in [0.3, 0.4) is 0 Å². The summed E-state index contributed by atoms with van der Waals surface area (Å²) in [4.78, 5) is 13.2. The van der Waals surface area contributed by atoms with E-state index in [1.54, 1.807) is 32.2 Å². The minimum absolute atomic E-state index is 0.00729. The van der Waals surface area contributed by atoms with Gasteiger partial charge < -0.3 is 15.0 Å². The van der Waals surface area contributed by atoms with Gasteiger partial charge in [-0.1, -0.05) is 0 Å². The van der Waals surface area contributed by atoms with Crippen molar-refractivity contribution in [3.8, 4) is 5.75 Å². The van der Waals surface area contributed by atoms with Gasteiger partial charge >= 0.3 is 0 Å². The highest BCUT2D eigenvalue weighted by Gasteiger charge is 2.10. The largest absolute Gasteiger partial charge is 0.496 e. The number of ether oxygens (including phenoxy) is 1. The van der Waals surface area contributed by atoms with E-state index in [-0.39, 0.29) is 11.7 Å². The van der Waals surface area contributed by atoms with E-state index in [4.69, 9.17) is 4.74 Å². The van der Waals surface area contributed by atoms with Gasteiger partial charge in [0.05, 0.1) is 13.7 Å². The summed E-state index contributed by atoms with van der Waals surface area (Å²) in [6, 6.07) is 4.40. The first-order valence-corrected chi connectivity index (χ1v) is 5.79. The highest BCUT2D eigenvalue weighted by Crippen LogP contribution is 2.19. The lowest BCUT2D eigenvalue weighted by Gasteiger charge is -2.17. The molecule has 0 unspecified atom stereocenters. The van der Waals surface area contributed by atoms with Crippen LogP contribution in [0.1, 0.15) is 5.56 Å². The van der Waals surface area contributed by atoms with Crippen molar-refractivity contribution in [1.29, 1.82) is 0 Å². The summed E-state index contributed by atoms with van der Waals surface area (Å²) in [5.74, 6) is 0.355. The third kappa shape index (κ3) is 4.00. The molecule has 5 heteroatoms. The first-order chi connectivity index (χ1) is 8.58. The minimum Gasteiger partial charge on any atom is -0.496 e. The van der Waals surface area contributed by atoms with Crippen molar-refractivity contribution in [3.63, 3.8) is 0 Å². The van der Waals surface area contributed by atoms with Crippen LogP contribution in [0.2, 0.25) is 0 Å². The molecule has 0 spiro atoms. The molecule has 1 amide bonds. The number of hydrogen-bond acceptors (Lipinski definition) is 3. The molecule has 0 radical (unpaired) electrons. The number of carbonyl (C=O) groups excluding carboxylic acids is 1. The van der Waals surface area contributed by atoms with E-state index in [1.807, 2.05) is 0 Å². The Kier molecular flexibility index (Phi) is 5.58. The lowest BCUT2D eigenvalue weighted by Crippen LogP contribution is -2.35. The molecule has 1 aromatic carbocycles. The first kappa shape index (κ1) is 14.4. The van der Waals surface area contributed by atoms with Crippen LogP contribution in [0.15, 0.2) is 18.2 Å². The normalized spacial score (nSPS) is 10.2. The molecule has 0 heterocycles. The van der Waals surface area contributed by atoms with Gasteiger partial charge in [-0.25, -0.2) is 4.39 Å². The van der Waals surface area contributed by atoms with E-state index in [0.717, 1.165) is 5.56 Å². The third-order valence-electron chi connectivity index (χ3n) is 2.71. The van der Waals surface area contributed by atoms with Crippen molar-refractivity contribution >= 4 is 5.91 Å². The number of rotatable bonds is 6. The molecule has 0 atom stereocenters. The molecule has 0 fully saturated rings. The Morgan fingerprint density at radius 2 is 2.22 bits per heavy atom. The quantitative estimate of drug-likeness (QED) is 0.825. The second-order valence-electron chi connectivity index (χ2n) is 4.05. The lowest BCUT2D eigenvalue weighted by molar-refractivity contribution is -0.128. The summed E-state index contributed by atoms with van der Waals surface area (Å²) in [6.07, 6.45) is 0.562. The van der Waals surface area contributed by atoms with Crippen LogP contribution in [0.25, 0.3) is 0 Å². The molecular formula is C13H19FN2O2. The predicted octanol–water partition coefficient (Wildman–Crippen LogP) is 1.05. The first-order valence-electron chi connectivity index (χ1n) is 5.79. The van der Waals surface area contributed by atoms with Gasteiger partial charge in [0.1, 0.15) is 11.6 Å². The van der Waals surface area contributed by atoms with Gasteiger partial charge in [0.25, 0.3) is 0 Å². The lowest BCUT2D eigenvalue weighted by atomic mass is 10.1. The maximum Gasteiger partial charge on any atom is 0.236 e. The van der Waals surface area contributed by atoms with Gasteiger partial charge in [-0.2, -0.15) is 0 Å². The van der Waals surface area contributed by atoms with E-state index >= 15 is 0 Å². The van der Waals surface area contributed by atoms with Gasteiger partial charge in [-0.15, -0.1) is 0 Å². The van der Waals surface area contributed by atoms with Crippen LogP contribution >= 0.6 is 0 Å². The summed E-state index contributed by atoms with van der Waals surface area (Å²) < 4.78 is 18.3. The number of hydrogen-bond donors (Lipinski definition) is 1. The van der Waals surface area contributed by atoms with Gasteiger partial charge in [-0.3, -0.25) is 4.79 Å². The van der Waals surface area contributed by atoms with Crippen LogP contribution in [0.4, 0.5) is 4.39 Å². The smallest absolute Gasteiger partial charge is 0.236 e. The van der Waals surface area contributed by atoms with Crippen molar-refractivity contribution in [2.75, 3.05) is 34.3 Å². The summed E-state index contributed by atoms with van der Waals surface area (Å²) in [6.45, 7) is 0.830.